The third kappa shape index (κ3) is 4.50. The summed E-state index contributed by atoms with van der Waals surface area (Å²) in [6.45, 7) is 0. The summed E-state index contributed by atoms with van der Waals surface area (Å²) < 4.78 is 10.5. The number of hydrogen-bond donors (Lipinski definition) is 0. The Kier molecular flexibility index (Phi) is 6.05. The van der Waals surface area contributed by atoms with E-state index < -0.39 is 0 Å². The van der Waals surface area contributed by atoms with Gasteiger partial charge in [0.2, 0.25) is 0 Å². The van der Waals surface area contributed by atoms with Crippen LogP contribution in [0.15, 0.2) is 84.0 Å². The van der Waals surface area contributed by atoms with Gasteiger partial charge in [0.1, 0.15) is 11.5 Å². The second-order valence-corrected chi connectivity index (χ2v) is 7.45. The molecule has 4 rings (SSSR count). The van der Waals surface area contributed by atoms with Gasteiger partial charge in [-0.25, -0.2) is 0 Å². The molecule has 0 aromatic heterocycles. The number of rotatable bonds is 6. The highest BCUT2D eigenvalue weighted by atomic mass is 35.5. The summed E-state index contributed by atoms with van der Waals surface area (Å²) >= 11 is 6.24. The van der Waals surface area contributed by atoms with Gasteiger partial charge < -0.3 is 9.47 Å². The molecule has 30 heavy (non-hydrogen) atoms. The van der Waals surface area contributed by atoms with E-state index in [1.165, 1.54) is 5.56 Å². The number of benzene rings is 3. The van der Waals surface area contributed by atoms with Gasteiger partial charge in [0.05, 0.1) is 31.7 Å². The van der Waals surface area contributed by atoms with Crippen molar-refractivity contribution in [2.45, 2.75) is 12.5 Å². The highest BCUT2D eigenvalue weighted by Gasteiger charge is 2.28. The van der Waals surface area contributed by atoms with Crippen molar-refractivity contribution in [3.05, 3.63) is 95.0 Å². The summed E-state index contributed by atoms with van der Waals surface area (Å²) in [4.78, 5) is 0. The van der Waals surface area contributed by atoms with Crippen molar-refractivity contribution in [2.75, 3.05) is 19.2 Å². The number of ether oxygens (including phenoxy) is 2. The summed E-state index contributed by atoms with van der Waals surface area (Å²) in [5.41, 5.74) is 4.25. The summed E-state index contributed by atoms with van der Waals surface area (Å²) in [5.74, 6) is 1.68. The molecule has 3 aromatic rings. The number of halogens is 1. The average Bonchev–Trinajstić information content (AvgIpc) is 3.22. The first-order valence-electron chi connectivity index (χ1n) is 9.74. The molecule has 4 nitrogen and oxygen atoms in total. The number of anilines is 1. The Morgan fingerprint density at radius 1 is 0.900 bits per heavy atom. The van der Waals surface area contributed by atoms with Gasteiger partial charge in [-0.05, 0) is 59.7 Å². The van der Waals surface area contributed by atoms with Crippen molar-refractivity contribution in [3.63, 3.8) is 0 Å². The lowest BCUT2D eigenvalue weighted by molar-refractivity contribution is 0.414. The van der Waals surface area contributed by atoms with Crippen LogP contribution in [-0.4, -0.2) is 19.9 Å². The quantitative estimate of drug-likeness (QED) is 0.466. The van der Waals surface area contributed by atoms with Gasteiger partial charge in [0.25, 0.3) is 0 Å². The maximum atomic E-state index is 6.24. The first-order chi connectivity index (χ1) is 14.7. The van der Waals surface area contributed by atoms with E-state index in [1.54, 1.807) is 14.2 Å². The zero-order valence-corrected chi connectivity index (χ0v) is 17.7. The molecule has 0 radical (unpaired) electrons. The van der Waals surface area contributed by atoms with Crippen molar-refractivity contribution >= 4 is 29.1 Å². The van der Waals surface area contributed by atoms with Crippen LogP contribution in [-0.2, 0) is 0 Å². The van der Waals surface area contributed by atoms with Crippen LogP contribution in [0.4, 0.5) is 5.69 Å². The Hall–Kier alpha value is -3.24. The normalized spacial score (nSPS) is 16.0. The minimum absolute atomic E-state index is 0.0879. The molecule has 0 spiro atoms. The average molecular weight is 419 g/mol. The minimum Gasteiger partial charge on any atom is -0.497 e. The predicted molar refractivity (Wildman–Crippen MR) is 124 cm³/mol. The molecule has 152 valence electrons. The molecule has 0 fully saturated rings. The van der Waals surface area contributed by atoms with E-state index in [2.05, 4.69) is 24.3 Å². The Bertz CT molecular complexity index is 1060. The topological polar surface area (TPSA) is 34.1 Å². The fourth-order valence-electron chi connectivity index (χ4n) is 3.48. The molecular weight excluding hydrogens is 396 g/mol. The number of hydrazone groups is 1. The van der Waals surface area contributed by atoms with Crippen molar-refractivity contribution < 1.29 is 9.47 Å². The largest absolute Gasteiger partial charge is 0.497 e. The SMILES string of the molecule is COc1ccc(C=CC2=NN(c3cccc(Cl)c3)C(c3ccc(OC)cc3)C2)cc1. The van der Waals surface area contributed by atoms with Crippen LogP contribution in [0.3, 0.4) is 0 Å². The molecule has 0 saturated carbocycles. The maximum absolute atomic E-state index is 6.24. The molecule has 1 aliphatic heterocycles. The molecule has 5 heteroatoms. The fraction of sp³-hybridized carbons (Fsp3) is 0.160. The number of methoxy groups -OCH3 is 2. The van der Waals surface area contributed by atoms with E-state index in [4.69, 9.17) is 26.2 Å². The Balaban J connectivity index is 1.62. The standard InChI is InChI=1S/C25H23ClN2O2/c1-29-23-12-7-18(8-13-23)6-11-21-17-25(19-9-14-24(30-2)15-10-19)28(27-21)22-5-3-4-20(26)16-22/h3-16,25H,17H2,1-2H3. The zero-order valence-electron chi connectivity index (χ0n) is 17.0. The maximum Gasteiger partial charge on any atom is 0.118 e. The van der Waals surface area contributed by atoms with Gasteiger partial charge in [-0.1, -0.05) is 48.0 Å². The van der Waals surface area contributed by atoms with Crippen molar-refractivity contribution in [2.24, 2.45) is 5.10 Å². The second-order valence-electron chi connectivity index (χ2n) is 7.02. The molecule has 1 heterocycles. The molecule has 0 aliphatic carbocycles. The Morgan fingerprint density at radius 2 is 1.57 bits per heavy atom. The molecule has 1 aliphatic rings. The first kappa shape index (κ1) is 20.0. The van der Waals surface area contributed by atoms with E-state index >= 15 is 0 Å². The lowest BCUT2D eigenvalue weighted by Gasteiger charge is -2.24. The summed E-state index contributed by atoms with van der Waals surface area (Å²) in [5, 5.41) is 7.63. The summed E-state index contributed by atoms with van der Waals surface area (Å²) in [6.07, 6.45) is 4.94. The van der Waals surface area contributed by atoms with Gasteiger partial charge in [-0.3, -0.25) is 5.01 Å². The second kappa shape index (κ2) is 9.06. The summed E-state index contributed by atoms with van der Waals surface area (Å²) in [7, 11) is 3.34. The van der Waals surface area contributed by atoms with E-state index in [9.17, 15) is 0 Å². The first-order valence-corrected chi connectivity index (χ1v) is 10.1. The molecule has 1 atom stereocenters. The molecular formula is C25H23ClN2O2. The van der Waals surface area contributed by atoms with E-state index in [1.807, 2.05) is 65.7 Å². The third-order valence-corrected chi connectivity index (χ3v) is 5.33. The van der Waals surface area contributed by atoms with Crippen LogP contribution in [0, 0.1) is 0 Å². The zero-order chi connectivity index (χ0) is 20.9. The number of nitrogens with zero attached hydrogens (tertiary/aromatic N) is 2. The lowest BCUT2D eigenvalue weighted by atomic mass is 10.0. The Labute approximate surface area is 182 Å². The van der Waals surface area contributed by atoms with Crippen molar-refractivity contribution in [1.82, 2.24) is 0 Å². The van der Waals surface area contributed by atoms with Crippen LogP contribution >= 0.6 is 11.6 Å². The van der Waals surface area contributed by atoms with E-state index in [0.29, 0.717) is 5.02 Å². The molecule has 0 saturated heterocycles. The Morgan fingerprint density at radius 3 is 2.20 bits per heavy atom. The third-order valence-electron chi connectivity index (χ3n) is 5.09. The van der Waals surface area contributed by atoms with Gasteiger partial charge in [0, 0.05) is 11.4 Å². The van der Waals surface area contributed by atoms with Gasteiger partial charge in [-0.15, -0.1) is 0 Å². The molecule has 0 bridgehead atoms. The van der Waals surface area contributed by atoms with Crippen LogP contribution < -0.4 is 14.5 Å². The minimum atomic E-state index is 0.0879. The number of hydrogen-bond acceptors (Lipinski definition) is 4. The van der Waals surface area contributed by atoms with Crippen LogP contribution in [0.2, 0.25) is 5.02 Å². The highest BCUT2D eigenvalue weighted by molar-refractivity contribution is 6.30. The van der Waals surface area contributed by atoms with Crippen molar-refractivity contribution in [3.8, 4) is 11.5 Å². The van der Waals surface area contributed by atoms with Crippen LogP contribution in [0.25, 0.3) is 6.08 Å². The van der Waals surface area contributed by atoms with E-state index in [0.717, 1.165) is 34.9 Å². The molecule has 0 amide bonds. The van der Waals surface area contributed by atoms with Crippen molar-refractivity contribution in [1.29, 1.82) is 0 Å². The van der Waals surface area contributed by atoms with E-state index in [-0.39, 0.29) is 6.04 Å². The smallest absolute Gasteiger partial charge is 0.118 e. The predicted octanol–water partition coefficient (Wildman–Crippen LogP) is 6.38. The number of allylic oxidation sites excluding steroid dienone is 1. The molecule has 3 aromatic carbocycles. The van der Waals surface area contributed by atoms with Crippen LogP contribution in [0.5, 0.6) is 11.5 Å². The fourth-order valence-corrected chi connectivity index (χ4v) is 3.67. The molecule has 0 N–H and O–H groups in total. The molecule has 1 unspecified atom stereocenters. The lowest BCUT2D eigenvalue weighted by Crippen LogP contribution is -2.18. The monoisotopic (exact) mass is 418 g/mol. The summed E-state index contributed by atoms with van der Waals surface area (Å²) in [6, 6.07) is 24.0. The van der Waals surface area contributed by atoms with Crippen LogP contribution in [0.1, 0.15) is 23.6 Å². The highest BCUT2D eigenvalue weighted by Crippen LogP contribution is 2.37. The van der Waals surface area contributed by atoms with Gasteiger partial charge in [-0.2, -0.15) is 5.10 Å². The van der Waals surface area contributed by atoms with Gasteiger partial charge in [0.15, 0.2) is 0 Å². The van der Waals surface area contributed by atoms with Gasteiger partial charge >= 0.3 is 0 Å².